The zero-order valence-electron chi connectivity index (χ0n) is 14.1. The highest BCUT2D eigenvalue weighted by atomic mass is 35.5. The molecule has 0 aliphatic rings. The first kappa shape index (κ1) is 20.5. The van der Waals surface area contributed by atoms with Gasteiger partial charge in [-0.25, -0.2) is 15.0 Å². The summed E-state index contributed by atoms with van der Waals surface area (Å²) in [6.45, 7) is 4.44. The number of nitrogens with zero attached hydrogens (tertiary/aromatic N) is 3. The Kier molecular flexibility index (Phi) is 6.88. The summed E-state index contributed by atoms with van der Waals surface area (Å²) in [5, 5.41) is 3.39. The molecule has 0 atom stereocenters. The topological polar surface area (TPSA) is 59.9 Å². The van der Waals surface area contributed by atoms with Crippen LogP contribution >= 0.6 is 23.2 Å². The van der Waals surface area contributed by atoms with Crippen molar-refractivity contribution in [2.45, 2.75) is 32.9 Å². The van der Waals surface area contributed by atoms with Gasteiger partial charge in [-0.2, -0.15) is 13.2 Å². The van der Waals surface area contributed by atoms with E-state index in [2.05, 4.69) is 20.3 Å². The molecule has 1 N–H and O–H groups in total. The van der Waals surface area contributed by atoms with Crippen LogP contribution in [-0.4, -0.2) is 28.1 Å². The molecule has 0 aliphatic carbocycles. The Balaban J connectivity index is 1.86. The average Bonchev–Trinajstić information content (AvgIpc) is 2.57. The molecule has 0 amide bonds. The molecule has 0 fully saturated rings. The predicted molar refractivity (Wildman–Crippen MR) is 94.0 cm³/mol. The number of ether oxygens (including phenoxy) is 1. The number of alkyl halides is 3. The van der Waals surface area contributed by atoms with Gasteiger partial charge in [-0.1, -0.05) is 30.1 Å². The minimum Gasteiger partial charge on any atom is -0.477 e. The molecule has 2 aromatic heterocycles. The van der Waals surface area contributed by atoms with Crippen molar-refractivity contribution in [3.63, 3.8) is 0 Å². The summed E-state index contributed by atoms with van der Waals surface area (Å²) < 4.78 is 43.0. The van der Waals surface area contributed by atoms with Crippen LogP contribution in [0.4, 0.5) is 19.0 Å². The molecule has 0 bridgehead atoms. The van der Waals surface area contributed by atoms with Gasteiger partial charge >= 0.3 is 6.18 Å². The molecule has 2 aromatic rings. The van der Waals surface area contributed by atoms with Crippen molar-refractivity contribution < 1.29 is 17.9 Å². The Bertz CT molecular complexity index is 772. The van der Waals surface area contributed by atoms with Gasteiger partial charge in [0.2, 0.25) is 5.88 Å². The van der Waals surface area contributed by atoms with Crippen LogP contribution in [0.2, 0.25) is 10.0 Å². The molecule has 142 valence electrons. The van der Waals surface area contributed by atoms with Crippen LogP contribution in [0, 0.1) is 6.92 Å². The average molecular weight is 409 g/mol. The predicted octanol–water partition coefficient (Wildman–Crippen LogP) is 4.95. The van der Waals surface area contributed by atoms with Gasteiger partial charge in [-0.15, -0.1) is 0 Å². The van der Waals surface area contributed by atoms with Crippen LogP contribution in [0.1, 0.15) is 30.4 Å². The van der Waals surface area contributed by atoms with E-state index in [0.29, 0.717) is 42.2 Å². The van der Waals surface area contributed by atoms with Crippen LogP contribution in [-0.2, 0) is 12.6 Å². The van der Waals surface area contributed by atoms with E-state index >= 15 is 0 Å². The van der Waals surface area contributed by atoms with Gasteiger partial charge in [0.05, 0.1) is 17.9 Å². The summed E-state index contributed by atoms with van der Waals surface area (Å²) in [5.41, 5.74) is -0.157. The van der Waals surface area contributed by atoms with Crippen molar-refractivity contribution in [1.82, 2.24) is 15.0 Å². The van der Waals surface area contributed by atoms with Crippen LogP contribution in [0.15, 0.2) is 12.3 Å². The van der Waals surface area contributed by atoms with E-state index in [4.69, 9.17) is 27.9 Å². The SMILES string of the molecule is CCc1nc(C)nc(NCCCOc2ncc(C(F)(F)F)cc2Cl)c1Cl. The number of nitrogens with one attached hydrogen (secondary N) is 1. The minimum atomic E-state index is -4.49. The molecule has 0 aromatic carbocycles. The summed E-state index contributed by atoms with van der Waals surface area (Å²) in [5.74, 6) is 1.12. The number of hydrogen-bond donors (Lipinski definition) is 1. The second-order valence-electron chi connectivity index (χ2n) is 5.37. The first-order valence-electron chi connectivity index (χ1n) is 7.84. The van der Waals surface area contributed by atoms with Gasteiger partial charge in [0.25, 0.3) is 0 Å². The van der Waals surface area contributed by atoms with Gasteiger partial charge in [0.1, 0.15) is 21.7 Å². The van der Waals surface area contributed by atoms with Crippen molar-refractivity contribution in [3.8, 4) is 5.88 Å². The van der Waals surface area contributed by atoms with Crippen LogP contribution in [0.5, 0.6) is 5.88 Å². The van der Waals surface area contributed by atoms with E-state index in [1.165, 1.54) is 0 Å². The maximum atomic E-state index is 12.6. The highest BCUT2D eigenvalue weighted by Gasteiger charge is 2.31. The van der Waals surface area contributed by atoms with E-state index in [-0.39, 0.29) is 17.5 Å². The quantitative estimate of drug-likeness (QED) is 0.656. The molecule has 0 radical (unpaired) electrons. The fraction of sp³-hybridized carbons (Fsp3) is 0.438. The molecule has 0 saturated carbocycles. The molecule has 26 heavy (non-hydrogen) atoms. The van der Waals surface area contributed by atoms with Crippen LogP contribution in [0.3, 0.4) is 0 Å². The molecule has 2 rings (SSSR count). The van der Waals surface area contributed by atoms with Crippen molar-refractivity contribution in [2.75, 3.05) is 18.5 Å². The van der Waals surface area contributed by atoms with Gasteiger partial charge in [-0.05, 0) is 25.8 Å². The second-order valence-corrected chi connectivity index (χ2v) is 6.16. The number of aryl methyl sites for hydroxylation is 2. The highest BCUT2D eigenvalue weighted by molar-refractivity contribution is 6.33. The smallest absolute Gasteiger partial charge is 0.417 e. The summed E-state index contributed by atoms with van der Waals surface area (Å²) in [6.07, 6.45) is -2.57. The molecule has 2 heterocycles. The lowest BCUT2D eigenvalue weighted by molar-refractivity contribution is -0.137. The Morgan fingerprint density at radius 3 is 2.58 bits per heavy atom. The standard InChI is InChI=1S/C16H17Cl2F3N4O/c1-3-12-13(18)14(25-9(2)24-12)22-5-4-6-26-15-11(17)7-10(8-23-15)16(19,20)21/h7-8H,3-6H2,1-2H3,(H,22,24,25). The lowest BCUT2D eigenvalue weighted by Gasteiger charge is -2.12. The summed E-state index contributed by atoms with van der Waals surface area (Å²) in [7, 11) is 0. The highest BCUT2D eigenvalue weighted by Crippen LogP contribution is 2.33. The van der Waals surface area contributed by atoms with E-state index < -0.39 is 11.7 Å². The fourth-order valence-corrected chi connectivity index (χ4v) is 2.61. The van der Waals surface area contributed by atoms with Crippen molar-refractivity contribution in [2.24, 2.45) is 0 Å². The molecule has 0 unspecified atom stereocenters. The maximum absolute atomic E-state index is 12.6. The summed E-state index contributed by atoms with van der Waals surface area (Å²) >= 11 is 12.0. The molecule has 5 nitrogen and oxygen atoms in total. The van der Waals surface area contributed by atoms with Crippen molar-refractivity contribution >= 4 is 29.0 Å². The molecule has 10 heteroatoms. The first-order chi connectivity index (χ1) is 12.2. The normalized spacial score (nSPS) is 11.5. The molecule has 0 aliphatic heterocycles. The van der Waals surface area contributed by atoms with E-state index in [1.807, 2.05) is 6.92 Å². The van der Waals surface area contributed by atoms with Gasteiger partial charge in [0, 0.05) is 12.7 Å². The maximum Gasteiger partial charge on any atom is 0.417 e. The number of pyridine rings is 1. The zero-order chi connectivity index (χ0) is 19.3. The lowest BCUT2D eigenvalue weighted by Crippen LogP contribution is -2.11. The lowest BCUT2D eigenvalue weighted by atomic mass is 10.3. The number of rotatable bonds is 7. The largest absolute Gasteiger partial charge is 0.477 e. The zero-order valence-corrected chi connectivity index (χ0v) is 15.6. The van der Waals surface area contributed by atoms with Crippen molar-refractivity contribution in [1.29, 1.82) is 0 Å². The monoisotopic (exact) mass is 408 g/mol. The molecular formula is C16H17Cl2F3N4O. The van der Waals surface area contributed by atoms with E-state index in [0.717, 1.165) is 11.8 Å². The second kappa shape index (κ2) is 8.73. The Morgan fingerprint density at radius 1 is 1.23 bits per heavy atom. The van der Waals surface area contributed by atoms with E-state index in [1.54, 1.807) is 6.92 Å². The third kappa shape index (κ3) is 5.35. The Morgan fingerprint density at radius 2 is 1.96 bits per heavy atom. The first-order valence-corrected chi connectivity index (χ1v) is 8.60. The van der Waals surface area contributed by atoms with Crippen LogP contribution in [0.25, 0.3) is 0 Å². The fourth-order valence-electron chi connectivity index (χ4n) is 2.10. The van der Waals surface area contributed by atoms with Crippen LogP contribution < -0.4 is 10.1 Å². The summed E-state index contributed by atoms with van der Waals surface area (Å²) in [6, 6.07) is 0.790. The van der Waals surface area contributed by atoms with Gasteiger partial charge < -0.3 is 10.1 Å². The Labute approximate surface area is 158 Å². The number of halogens is 5. The van der Waals surface area contributed by atoms with E-state index in [9.17, 15) is 13.2 Å². The third-order valence-corrected chi connectivity index (χ3v) is 4.02. The van der Waals surface area contributed by atoms with Gasteiger partial charge in [-0.3, -0.25) is 0 Å². The molecule has 0 saturated heterocycles. The minimum absolute atomic E-state index is 0.0381. The summed E-state index contributed by atoms with van der Waals surface area (Å²) in [4.78, 5) is 12.1. The Hall–Kier alpha value is -1.80. The molecule has 0 spiro atoms. The van der Waals surface area contributed by atoms with Crippen molar-refractivity contribution in [3.05, 3.63) is 39.4 Å². The molecular weight excluding hydrogens is 392 g/mol. The number of anilines is 1. The third-order valence-electron chi connectivity index (χ3n) is 3.35. The van der Waals surface area contributed by atoms with Gasteiger partial charge in [0.15, 0.2) is 0 Å². The number of hydrogen-bond acceptors (Lipinski definition) is 5. The number of aromatic nitrogens is 3.